The molecule has 36 heavy (non-hydrogen) atoms. The number of fused-ring (bicyclic) bond motifs is 1. The summed E-state index contributed by atoms with van der Waals surface area (Å²) in [6.07, 6.45) is 0. The second kappa shape index (κ2) is 10.3. The molecule has 1 aliphatic rings. The van der Waals surface area contributed by atoms with Crippen LogP contribution in [0.25, 0.3) is 10.9 Å². The first-order chi connectivity index (χ1) is 17.5. The van der Waals surface area contributed by atoms with Crippen molar-refractivity contribution in [2.24, 2.45) is 10.2 Å². The lowest BCUT2D eigenvalue weighted by Gasteiger charge is -2.32. The van der Waals surface area contributed by atoms with E-state index in [0.717, 1.165) is 42.6 Å². The van der Waals surface area contributed by atoms with E-state index in [1.165, 1.54) is 0 Å². The average molecular weight is 484 g/mol. The molecule has 3 aromatic carbocycles. The van der Waals surface area contributed by atoms with Crippen LogP contribution in [0.3, 0.4) is 0 Å². The number of hydrogen-bond donors (Lipinski definition) is 1. The Kier molecular flexibility index (Phi) is 6.79. The van der Waals surface area contributed by atoms with Gasteiger partial charge in [0.1, 0.15) is 11.5 Å². The Labute approximate surface area is 210 Å². The summed E-state index contributed by atoms with van der Waals surface area (Å²) in [5.41, 5.74) is 2.63. The second-order valence-electron chi connectivity index (χ2n) is 9.13. The Morgan fingerprint density at radius 2 is 1.69 bits per heavy atom. The van der Waals surface area contributed by atoms with Crippen LogP contribution in [0.1, 0.15) is 15.9 Å². The van der Waals surface area contributed by atoms with Gasteiger partial charge in [0.25, 0.3) is 5.91 Å². The highest BCUT2D eigenvalue weighted by Gasteiger charge is 2.21. The minimum absolute atomic E-state index is 0.00290. The predicted molar refractivity (Wildman–Crippen MR) is 139 cm³/mol. The molecule has 1 aliphatic heterocycles. The van der Waals surface area contributed by atoms with Crippen LogP contribution >= 0.6 is 0 Å². The highest BCUT2D eigenvalue weighted by atomic mass is 16.5. The lowest BCUT2D eigenvalue weighted by atomic mass is 10.2. The molecule has 0 spiro atoms. The molecule has 1 N–H and O–H groups in total. The van der Waals surface area contributed by atoms with E-state index in [4.69, 9.17) is 4.74 Å². The smallest absolute Gasteiger partial charge is 0.295 e. The third-order valence-corrected chi connectivity index (χ3v) is 6.43. The summed E-state index contributed by atoms with van der Waals surface area (Å²) in [7, 11) is 2.11. The number of likely N-dealkylation sites (N-methyl/N-ethyl adjacent to an activating group) is 1. The monoisotopic (exact) mass is 483 g/mol. The number of rotatable bonds is 6. The van der Waals surface area contributed by atoms with Crippen LogP contribution in [0, 0.1) is 6.92 Å². The number of carbonyl (C=O) groups is 1. The number of azo groups is 1. The van der Waals surface area contributed by atoms with Gasteiger partial charge in [0.05, 0.1) is 12.2 Å². The van der Waals surface area contributed by atoms with E-state index in [2.05, 4.69) is 27.1 Å². The molecule has 184 valence electrons. The van der Waals surface area contributed by atoms with Gasteiger partial charge in [-0.3, -0.25) is 14.3 Å². The molecule has 1 saturated heterocycles. The third kappa shape index (κ3) is 5.15. The van der Waals surface area contributed by atoms with Crippen molar-refractivity contribution in [1.29, 1.82) is 0 Å². The zero-order valence-corrected chi connectivity index (χ0v) is 20.5. The summed E-state index contributed by atoms with van der Waals surface area (Å²) < 4.78 is 7.70. The van der Waals surface area contributed by atoms with Gasteiger partial charge in [0.15, 0.2) is 5.69 Å². The number of para-hydroxylation sites is 1. The van der Waals surface area contributed by atoms with Crippen molar-refractivity contribution in [3.8, 4) is 17.4 Å². The Bertz CT molecular complexity index is 1400. The highest BCUT2D eigenvalue weighted by Crippen LogP contribution is 2.39. The fourth-order valence-electron chi connectivity index (χ4n) is 4.29. The number of aromatic hydroxyl groups is 1. The normalized spacial score (nSPS) is 15.1. The first-order valence-corrected chi connectivity index (χ1v) is 12.0. The zero-order valence-electron chi connectivity index (χ0n) is 20.5. The average Bonchev–Trinajstić information content (AvgIpc) is 3.16. The van der Waals surface area contributed by atoms with Crippen molar-refractivity contribution >= 4 is 22.5 Å². The predicted octanol–water partition coefficient (Wildman–Crippen LogP) is 5.58. The summed E-state index contributed by atoms with van der Waals surface area (Å²) in [5, 5.41) is 19.9. The quantitative estimate of drug-likeness (QED) is 0.362. The summed E-state index contributed by atoms with van der Waals surface area (Å²) in [6, 6.07) is 22.1. The molecular weight excluding hydrogens is 454 g/mol. The van der Waals surface area contributed by atoms with E-state index < -0.39 is 5.91 Å². The molecule has 0 aliphatic carbocycles. The zero-order chi connectivity index (χ0) is 25.1. The van der Waals surface area contributed by atoms with Crippen molar-refractivity contribution in [3.05, 3.63) is 83.9 Å². The Balaban J connectivity index is 1.37. The van der Waals surface area contributed by atoms with E-state index in [0.29, 0.717) is 29.4 Å². The molecule has 8 nitrogen and oxygen atoms in total. The number of ether oxygens (including phenoxy) is 1. The molecule has 8 heteroatoms. The Morgan fingerprint density at radius 3 is 2.47 bits per heavy atom. The minimum atomic E-state index is -0.514. The van der Waals surface area contributed by atoms with Crippen molar-refractivity contribution in [1.82, 2.24) is 14.4 Å². The van der Waals surface area contributed by atoms with Gasteiger partial charge in [-0.15, -0.1) is 10.2 Å². The fourth-order valence-corrected chi connectivity index (χ4v) is 4.29. The van der Waals surface area contributed by atoms with Gasteiger partial charge in [0, 0.05) is 37.1 Å². The number of aryl methyl sites for hydroxylation is 1. The van der Waals surface area contributed by atoms with Crippen molar-refractivity contribution in [2.75, 3.05) is 33.2 Å². The fraction of sp³-hybridized carbons (Fsp3) is 0.250. The largest absolute Gasteiger partial charge is 0.493 e. The Morgan fingerprint density at radius 1 is 0.944 bits per heavy atom. The van der Waals surface area contributed by atoms with Crippen molar-refractivity contribution < 1.29 is 14.6 Å². The number of piperazine rings is 1. The van der Waals surface area contributed by atoms with Gasteiger partial charge in [-0.2, -0.15) is 0 Å². The number of carbonyl (C=O) groups excluding carboxylic acids is 1. The highest BCUT2D eigenvalue weighted by molar-refractivity contribution is 5.97. The van der Waals surface area contributed by atoms with E-state index >= 15 is 0 Å². The molecule has 0 unspecified atom stereocenters. The van der Waals surface area contributed by atoms with Gasteiger partial charge in [-0.05, 0) is 50.4 Å². The van der Waals surface area contributed by atoms with E-state index in [1.54, 1.807) is 24.3 Å². The topological polar surface area (TPSA) is 82.7 Å². The van der Waals surface area contributed by atoms with Gasteiger partial charge >= 0.3 is 0 Å². The SMILES string of the molecule is Cc1ccc(Oc2cccc(C(=O)N=Nc3c(O)n(CN4CCN(C)CC4)c4ccccc34)c2)cc1. The maximum absolute atomic E-state index is 12.9. The van der Waals surface area contributed by atoms with Crippen LogP contribution in [0.2, 0.25) is 0 Å². The molecule has 0 radical (unpaired) electrons. The molecule has 0 saturated carbocycles. The van der Waals surface area contributed by atoms with Gasteiger partial charge < -0.3 is 14.7 Å². The van der Waals surface area contributed by atoms with Crippen molar-refractivity contribution in [3.63, 3.8) is 0 Å². The molecule has 1 fully saturated rings. The van der Waals surface area contributed by atoms with Gasteiger partial charge in [-0.25, -0.2) is 0 Å². The molecule has 4 aromatic rings. The summed E-state index contributed by atoms with van der Waals surface area (Å²) in [4.78, 5) is 17.4. The number of benzene rings is 3. The number of nitrogens with zero attached hydrogens (tertiary/aromatic N) is 5. The minimum Gasteiger partial charge on any atom is -0.493 e. The molecule has 5 rings (SSSR count). The molecule has 0 atom stereocenters. The van der Waals surface area contributed by atoms with Crippen LogP contribution in [0.15, 0.2) is 83.0 Å². The molecule has 0 bridgehead atoms. The van der Waals surface area contributed by atoms with Crippen LogP contribution in [-0.4, -0.2) is 58.6 Å². The summed E-state index contributed by atoms with van der Waals surface area (Å²) in [5.74, 6) is 0.708. The maximum atomic E-state index is 12.9. The van der Waals surface area contributed by atoms with Gasteiger partial charge in [0.2, 0.25) is 5.88 Å². The molecule has 1 aromatic heterocycles. The molecule has 1 amide bonds. The standard InChI is InChI=1S/C28H29N5O3/c1-20-10-12-22(13-11-20)36-23-7-5-6-21(18-23)27(34)30-29-26-24-8-3-4-9-25(24)33(28(26)35)19-32-16-14-31(2)15-17-32/h3-13,18,35H,14-17,19H2,1-2H3. The molecule has 2 heterocycles. The summed E-state index contributed by atoms with van der Waals surface area (Å²) in [6.45, 7) is 6.34. The maximum Gasteiger partial charge on any atom is 0.295 e. The summed E-state index contributed by atoms with van der Waals surface area (Å²) >= 11 is 0. The lowest BCUT2D eigenvalue weighted by molar-refractivity contribution is 0.0994. The first-order valence-electron chi connectivity index (χ1n) is 12.0. The van der Waals surface area contributed by atoms with E-state index in [-0.39, 0.29) is 5.88 Å². The number of amides is 1. The van der Waals surface area contributed by atoms with Crippen LogP contribution in [0.4, 0.5) is 5.69 Å². The lowest BCUT2D eigenvalue weighted by Crippen LogP contribution is -2.44. The van der Waals surface area contributed by atoms with Crippen LogP contribution in [0.5, 0.6) is 17.4 Å². The van der Waals surface area contributed by atoms with E-state index in [1.807, 2.05) is 60.0 Å². The molecular formula is C28H29N5O3. The van der Waals surface area contributed by atoms with Crippen molar-refractivity contribution in [2.45, 2.75) is 13.6 Å². The van der Waals surface area contributed by atoms with Crippen LogP contribution in [-0.2, 0) is 6.67 Å². The van der Waals surface area contributed by atoms with Gasteiger partial charge in [-0.1, -0.05) is 42.0 Å². The second-order valence-corrected chi connectivity index (χ2v) is 9.13. The number of hydrogen-bond acceptors (Lipinski definition) is 6. The third-order valence-electron chi connectivity index (χ3n) is 6.43. The Hall–Kier alpha value is -4.01. The van der Waals surface area contributed by atoms with Crippen LogP contribution < -0.4 is 4.74 Å². The van der Waals surface area contributed by atoms with E-state index in [9.17, 15) is 9.90 Å². The number of aromatic nitrogens is 1. The first kappa shape index (κ1) is 23.7.